The van der Waals surface area contributed by atoms with Crippen LogP contribution >= 0.6 is 11.6 Å². The van der Waals surface area contributed by atoms with Crippen LogP contribution in [0.25, 0.3) is 11.3 Å². The summed E-state index contributed by atoms with van der Waals surface area (Å²) < 4.78 is 46.9. The van der Waals surface area contributed by atoms with Crippen LogP contribution in [0.4, 0.5) is 13.2 Å². The number of furan rings is 1. The summed E-state index contributed by atoms with van der Waals surface area (Å²) in [5.41, 5.74) is -3.05. The highest BCUT2D eigenvalue weighted by molar-refractivity contribution is 6.33. The van der Waals surface area contributed by atoms with Crippen molar-refractivity contribution in [3.8, 4) is 11.3 Å². The maximum absolute atomic E-state index is 14.9. The van der Waals surface area contributed by atoms with Crippen molar-refractivity contribution in [2.45, 2.75) is 76.7 Å². The van der Waals surface area contributed by atoms with Gasteiger partial charge in [0.25, 0.3) is 0 Å². The number of piperazine rings is 1. The molecule has 276 valence electrons. The number of nitrogens with zero attached hydrogens (tertiary/aromatic N) is 2. The SMILES string of the molecule is C[C@]12CC[C@H]3[C@]4(C=C[C@@]5(C=C4C(=O)c4ccc(-c6cc(C(F)(F)F)ccc6Cl)o4)CC(O)CC[C@]35C)[C@@H]1CC[C@@]2(O)CN1CCN(CCO)CC1. The minimum Gasteiger partial charge on any atom is -0.453 e. The number of aliphatic hydroxyl groups is 3. The highest BCUT2D eigenvalue weighted by Crippen LogP contribution is 2.78. The Balaban J connectivity index is 1.18. The van der Waals surface area contributed by atoms with Gasteiger partial charge in [0.15, 0.2) is 5.76 Å². The van der Waals surface area contributed by atoms with E-state index in [1.165, 1.54) is 18.2 Å². The fourth-order valence-corrected chi connectivity index (χ4v) is 12.1. The van der Waals surface area contributed by atoms with E-state index in [-0.39, 0.29) is 51.7 Å². The van der Waals surface area contributed by atoms with E-state index in [2.05, 4.69) is 41.9 Å². The summed E-state index contributed by atoms with van der Waals surface area (Å²) >= 11 is 6.36. The Morgan fingerprint density at radius 3 is 2.37 bits per heavy atom. The van der Waals surface area contributed by atoms with Crippen molar-refractivity contribution in [2.75, 3.05) is 45.9 Å². The molecule has 1 aromatic heterocycles. The van der Waals surface area contributed by atoms with E-state index in [0.717, 1.165) is 64.0 Å². The lowest BCUT2D eigenvalue weighted by atomic mass is 9.32. The minimum absolute atomic E-state index is 0.0366. The molecule has 1 saturated heterocycles. The molecule has 8 atom stereocenters. The third-order valence-electron chi connectivity index (χ3n) is 14.7. The van der Waals surface area contributed by atoms with E-state index in [9.17, 15) is 33.3 Å². The highest BCUT2D eigenvalue weighted by Gasteiger charge is 2.74. The lowest BCUT2D eigenvalue weighted by Crippen LogP contribution is -2.67. The molecule has 2 heterocycles. The summed E-state index contributed by atoms with van der Waals surface area (Å²) in [5.74, 6) is -0.125. The molecule has 2 bridgehead atoms. The van der Waals surface area contributed by atoms with Crippen LogP contribution in [0.2, 0.25) is 5.02 Å². The molecule has 11 heteroatoms. The number of benzene rings is 1. The lowest BCUT2D eigenvalue weighted by Gasteiger charge is -2.71. The van der Waals surface area contributed by atoms with E-state index in [1.54, 1.807) is 0 Å². The van der Waals surface area contributed by atoms with Crippen LogP contribution in [0.1, 0.15) is 74.9 Å². The van der Waals surface area contributed by atoms with Crippen LogP contribution in [0.15, 0.2) is 58.6 Å². The number of carbonyl (C=O) groups excluding carboxylic acids is 1. The first-order valence-corrected chi connectivity index (χ1v) is 18.9. The normalized spacial score (nSPS) is 39.4. The average molecular weight is 729 g/mol. The molecular formula is C40H48ClF3N2O5. The first-order valence-electron chi connectivity index (χ1n) is 18.5. The smallest absolute Gasteiger partial charge is 0.416 e. The summed E-state index contributed by atoms with van der Waals surface area (Å²) in [4.78, 5) is 19.5. The molecule has 0 radical (unpaired) electrons. The van der Waals surface area contributed by atoms with E-state index in [1.807, 2.05) is 0 Å². The first kappa shape index (κ1) is 35.6. The van der Waals surface area contributed by atoms with Crippen LogP contribution in [0.5, 0.6) is 0 Å². The molecule has 7 nitrogen and oxygen atoms in total. The van der Waals surface area contributed by atoms with Crippen molar-refractivity contribution in [3.63, 3.8) is 0 Å². The van der Waals surface area contributed by atoms with Crippen molar-refractivity contribution < 1.29 is 37.7 Å². The van der Waals surface area contributed by atoms with Gasteiger partial charge in [0.1, 0.15) is 5.76 Å². The van der Waals surface area contributed by atoms with E-state index in [0.29, 0.717) is 37.9 Å². The summed E-state index contributed by atoms with van der Waals surface area (Å²) in [6.07, 6.45) is 6.60. The number of β-amino-alcohol motifs (C(OH)–C–C–N with tert-alkyl or cyclic N) is 2. The predicted molar refractivity (Wildman–Crippen MR) is 187 cm³/mol. The van der Waals surface area contributed by atoms with Gasteiger partial charge in [-0.15, -0.1) is 0 Å². The average Bonchev–Trinajstić information content (AvgIpc) is 3.68. The van der Waals surface area contributed by atoms with E-state index >= 15 is 0 Å². The van der Waals surface area contributed by atoms with Gasteiger partial charge in [0, 0.05) is 66.7 Å². The second-order valence-corrected chi connectivity index (χ2v) is 17.2. The van der Waals surface area contributed by atoms with Gasteiger partial charge in [-0.05, 0) is 92.5 Å². The zero-order valence-corrected chi connectivity index (χ0v) is 30.1. The van der Waals surface area contributed by atoms with E-state index < -0.39 is 39.7 Å². The molecule has 9 rings (SSSR count). The maximum Gasteiger partial charge on any atom is 0.416 e. The largest absolute Gasteiger partial charge is 0.453 e. The Kier molecular flexibility index (Phi) is 8.38. The molecule has 2 aromatic rings. The number of halogens is 4. The van der Waals surface area contributed by atoms with Gasteiger partial charge in [0.05, 0.1) is 28.9 Å². The first-order chi connectivity index (χ1) is 24.1. The van der Waals surface area contributed by atoms with Gasteiger partial charge in [0.2, 0.25) is 5.78 Å². The quantitative estimate of drug-likeness (QED) is 0.209. The fraction of sp³-hybridized carbons (Fsp3) is 0.625. The highest BCUT2D eigenvalue weighted by atomic mass is 35.5. The number of allylic oxidation sites excluding steroid dienone is 4. The fourth-order valence-electron chi connectivity index (χ4n) is 11.9. The molecule has 1 aliphatic heterocycles. The number of alkyl halides is 3. The van der Waals surface area contributed by atoms with Gasteiger partial charge >= 0.3 is 6.18 Å². The standard InChI is InChI=1S/C40H48ClF3N2O5/c1-35-10-7-26(48)22-37(35)13-14-39(28(23-37)34(49)31-6-5-30(51-31)27-21-25(40(42,43)44)3-4-29(27)41)32(35)8-11-36(2)33(39)9-12-38(36,50)24-46-17-15-45(16-18-46)19-20-47/h3-6,13-14,21,23,26,32-33,47-48,50H,7-12,15-20,22,24H2,1-2H3/t26?,32-,33-,35-,36+,37+,38-,39-/m1/s1. The molecule has 0 amide bonds. The van der Waals surface area contributed by atoms with Crippen LogP contribution in [0, 0.1) is 33.5 Å². The topological polar surface area (TPSA) is 97.4 Å². The zero-order valence-electron chi connectivity index (χ0n) is 29.3. The summed E-state index contributed by atoms with van der Waals surface area (Å²) in [6, 6.07) is 6.09. The van der Waals surface area contributed by atoms with Crippen molar-refractivity contribution in [2.24, 2.45) is 33.5 Å². The van der Waals surface area contributed by atoms with Crippen molar-refractivity contribution in [3.05, 3.63) is 70.5 Å². The predicted octanol–water partition coefficient (Wildman–Crippen LogP) is 7.00. The number of Topliss-reactive ketones (excluding diaryl/α,β-unsaturated/α-hetero) is 1. The Morgan fingerprint density at radius 1 is 0.961 bits per heavy atom. The molecule has 1 unspecified atom stereocenters. The van der Waals surface area contributed by atoms with Gasteiger partial charge in [-0.3, -0.25) is 14.6 Å². The Labute approximate surface area is 302 Å². The van der Waals surface area contributed by atoms with Gasteiger partial charge < -0.3 is 19.7 Å². The second-order valence-electron chi connectivity index (χ2n) is 16.8. The second kappa shape index (κ2) is 12.0. The molecule has 1 aromatic carbocycles. The zero-order chi connectivity index (χ0) is 36.2. The molecule has 51 heavy (non-hydrogen) atoms. The summed E-state index contributed by atoms with van der Waals surface area (Å²) in [5, 5.41) is 33.2. The van der Waals surface area contributed by atoms with Crippen molar-refractivity contribution in [1.82, 2.24) is 9.80 Å². The van der Waals surface area contributed by atoms with Crippen molar-refractivity contribution >= 4 is 17.4 Å². The van der Waals surface area contributed by atoms with Crippen LogP contribution in [0.3, 0.4) is 0 Å². The third kappa shape index (κ3) is 5.13. The molecule has 4 fully saturated rings. The van der Waals surface area contributed by atoms with Crippen LogP contribution < -0.4 is 0 Å². The third-order valence-corrected chi connectivity index (χ3v) is 15.0. The molecule has 6 aliphatic carbocycles. The Bertz CT molecular complexity index is 1780. The molecule has 2 spiro atoms. The van der Waals surface area contributed by atoms with E-state index in [4.69, 9.17) is 16.0 Å². The molecular weight excluding hydrogens is 681 g/mol. The maximum atomic E-state index is 14.9. The number of hydrogen-bond donors (Lipinski definition) is 3. The monoisotopic (exact) mass is 728 g/mol. The van der Waals surface area contributed by atoms with Gasteiger partial charge in [-0.1, -0.05) is 43.7 Å². The van der Waals surface area contributed by atoms with Crippen LogP contribution in [-0.2, 0) is 6.18 Å². The van der Waals surface area contributed by atoms with Gasteiger partial charge in [-0.2, -0.15) is 13.2 Å². The molecule has 7 aliphatic rings. The molecule has 3 saturated carbocycles. The Morgan fingerprint density at radius 2 is 1.65 bits per heavy atom. The summed E-state index contributed by atoms with van der Waals surface area (Å²) in [6.45, 7) is 9.21. The molecule has 3 N–H and O–H groups in total. The Hall–Kier alpha value is -2.47. The summed E-state index contributed by atoms with van der Waals surface area (Å²) in [7, 11) is 0. The minimum atomic E-state index is -4.57. The van der Waals surface area contributed by atoms with Gasteiger partial charge in [-0.25, -0.2) is 0 Å². The lowest BCUT2D eigenvalue weighted by molar-refractivity contribution is -0.177. The number of ketones is 1. The number of fused-ring (bicyclic) bond motifs is 1. The van der Waals surface area contributed by atoms with Crippen LogP contribution in [-0.4, -0.2) is 88.5 Å². The number of carbonyl (C=O) groups is 1. The number of rotatable bonds is 7. The van der Waals surface area contributed by atoms with Crippen molar-refractivity contribution in [1.29, 1.82) is 0 Å². The number of aliphatic hydroxyl groups excluding tert-OH is 2. The number of hydrogen-bond acceptors (Lipinski definition) is 7.